The van der Waals surface area contributed by atoms with Crippen LogP contribution in [0.4, 0.5) is 0 Å². The molecule has 0 saturated carbocycles. The van der Waals surface area contributed by atoms with Crippen LogP contribution in [0.3, 0.4) is 0 Å². The van der Waals surface area contributed by atoms with Gasteiger partial charge in [0, 0.05) is 0 Å². The van der Waals surface area contributed by atoms with Gasteiger partial charge in [-0.1, -0.05) is 20.8 Å². The third kappa shape index (κ3) is 2.11. The van der Waals surface area contributed by atoms with Gasteiger partial charge in [-0.15, -0.1) is 4.68 Å². The van der Waals surface area contributed by atoms with Gasteiger partial charge in [-0.25, -0.2) is 0 Å². The summed E-state index contributed by atoms with van der Waals surface area (Å²) in [7, 11) is 1.97. The van der Waals surface area contributed by atoms with E-state index in [2.05, 4.69) is 38.0 Å². The number of rotatable bonds is 4. The van der Waals surface area contributed by atoms with Gasteiger partial charge in [0.15, 0.2) is 0 Å². The highest BCUT2D eigenvalue weighted by atomic mass is 15.6. The lowest BCUT2D eigenvalue weighted by molar-refractivity contribution is -0.741. The van der Waals surface area contributed by atoms with Crippen molar-refractivity contribution in [2.45, 2.75) is 52.5 Å². The summed E-state index contributed by atoms with van der Waals surface area (Å²) >= 11 is 0. The van der Waals surface area contributed by atoms with Crippen LogP contribution in [-0.4, -0.2) is 15.1 Å². The fraction of sp³-hybridized carbons (Fsp3) is 0.900. The molecule has 1 aromatic heterocycles. The highest BCUT2D eigenvalue weighted by Gasteiger charge is 2.23. The van der Waals surface area contributed by atoms with E-state index in [0.29, 0.717) is 12.0 Å². The Morgan fingerprint density at radius 2 is 1.93 bits per heavy atom. The molecule has 1 heterocycles. The van der Waals surface area contributed by atoms with Crippen LogP contribution in [-0.2, 0) is 7.05 Å². The van der Waals surface area contributed by atoms with Gasteiger partial charge in [-0.05, 0) is 24.6 Å². The second-order valence-electron chi connectivity index (χ2n) is 3.96. The van der Waals surface area contributed by atoms with Crippen LogP contribution in [0.25, 0.3) is 0 Å². The summed E-state index contributed by atoms with van der Waals surface area (Å²) in [4.78, 5) is 1.82. The fourth-order valence-electron chi connectivity index (χ4n) is 1.32. The van der Waals surface area contributed by atoms with Crippen LogP contribution in [0.1, 0.15) is 58.3 Å². The van der Waals surface area contributed by atoms with Crippen molar-refractivity contribution in [3.05, 3.63) is 5.82 Å². The zero-order valence-corrected chi connectivity index (χ0v) is 9.86. The van der Waals surface area contributed by atoms with Crippen molar-refractivity contribution < 1.29 is 4.68 Å². The summed E-state index contributed by atoms with van der Waals surface area (Å²) in [5, 5.41) is 8.89. The van der Waals surface area contributed by atoms with Crippen LogP contribution in [0.5, 0.6) is 0 Å². The molecule has 0 fully saturated rings. The largest absolute Gasteiger partial charge is 0.300 e. The SMILES string of the molecule is CCC(C)c1nn(C(C)CC)n[n+]1C. The van der Waals surface area contributed by atoms with Crippen molar-refractivity contribution in [1.82, 2.24) is 15.1 Å². The average molecular weight is 197 g/mol. The average Bonchev–Trinajstić information content (AvgIpc) is 2.58. The summed E-state index contributed by atoms with van der Waals surface area (Å²) in [5.74, 6) is 1.56. The predicted octanol–water partition coefficient (Wildman–Crippen LogP) is 1.59. The number of nitrogens with zero attached hydrogens (tertiary/aromatic N) is 4. The van der Waals surface area contributed by atoms with Crippen molar-refractivity contribution in [2.24, 2.45) is 7.05 Å². The minimum absolute atomic E-state index is 0.388. The van der Waals surface area contributed by atoms with E-state index in [4.69, 9.17) is 0 Å². The van der Waals surface area contributed by atoms with E-state index < -0.39 is 0 Å². The summed E-state index contributed by atoms with van der Waals surface area (Å²) in [5.41, 5.74) is 0. The first-order valence-corrected chi connectivity index (χ1v) is 5.43. The molecule has 0 bridgehead atoms. The van der Waals surface area contributed by atoms with E-state index in [1.54, 1.807) is 0 Å². The van der Waals surface area contributed by atoms with Gasteiger partial charge in [0.2, 0.25) is 0 Å². The van der Waals surface area contributed by atoms with Gasteiger partial charge < -0.3 is 0 Å². The first-order chi connectivity index (χ1) is 6.60. The maximum absolute atomic E-state index is 4.52. The lowest BCUT2D eigenvalue weighted by Gasteiger charge is -1.98. The second-order valence-corrected chi connectivity index (χ2v) is 3.96. The van der Waals surface area contributed by atoms with Crippen molar-refractivity contribution >= 4 is 0 Å². The minimum atomic E-state index is 0.388. The van der Waals surface area contributed by atoms with E-state index in [1.165, 1.54) is 0 Å². The van der Waals surface area contributed by atoms with Gasteiger partial charge in [0.25, 0.3) is 0 Å². The Bertz CT molecular complexity index is 292. The second kappa shape index (κ2) is 4.53. The molecule has 0 N–H and O–H groups in total. The van der Waals surface area contributed by atoms with Crippen LogP contribution in [0.2, 0.25) is 0 Å². The van der Waals surface area contributed by atoms with E-state index in [1.807, 2.05) is 16.5 Å². The standard InChI is InChI=1S/C10H21N4/c1-6-8(3)10-11-14(9(4)7-2)12-13(10)5/h8-9H,6-7H2,1-5H3/q+1. The number of tetrazole rings is 1. The fourth-order valence-corrected chi connectivity index (χ4v) is 1.32. The molecule has 2 atom stereocenters. The molecule has 0 aromatic carbocycles. The Hall–Kier alpha value is -0.930. The molecule has 0 amide bonds. The molecule has 0 radical (unpaired) electrons. The van der Waals surface area contributed by atoms with Gasteiger partial charge in [-0.2, -0.15) is 0 Å². The van der Waals surface area contributed by atoms with Crippen LogP contribution < -0.4 is 4.68 Å². The number of aromatic nitrogens is 4. The first kappa shape index (κ1) is 11.1. The van der Waals surface area contributed by atoms with E-state index in [9.17, 15) is 0 Å². The van der Waals surface area contributed by atoms with E-state index in [-0.39, 0.29) is 0 Å². The van der Waals surface area contributed by atoms with E-state index in [0.717, 1.165) is 18.7 Å². The summed E-state index contributed by atoms with van der Waals surface area (Å²) in [6, 6.07) is 0.388. The van der Waals surface area contributed by atoms with Crippen molar-refractivity contribution in [1.29, 1.82) is 0 Å². The molecule has 1 aromatic rings. The third-order valence-electron chi connectivity index (χ3n) is 2.80. The molecule has 0 spiro atoms. The molecule has 14 heavy (non-hydrogen) atoms. The molecule has 0 aliphatic heterocycles. The molecule has 4 nitrogen and oxygen atoms in total. The highest BCUT2D eigenvalue weighted by molar-refractivity contribution is 4.81. The van der Waals surface area contributed by atoms with Crippen molar-refractivity contribution in [2.75, 3.05) is 0 Å². The Kier molecular flexibility index (Phi) is 3.61. The van der Waals surface area contributed by atoms with Gasteiger partial charge in [0.1, 0.15) is 6.04 Å². The number of aryl methyl sites for hydroxylation is 1. The third-order valence-corrected chi connectivity index (χ3v) is 2.80. The lowest BCUT2D eigenvalue weighted by Crippen LogP contribution is -2.36. The monoisotopic (exact) mass is 197 g/mol. The number of hydrogen-bond acceptors (Lipinski definition) is 2. The summed E-state index contributed by atoms with van der Waals surface area (Å²) in [6.45, 7) is 8.65. The quantitative estimate of drug-likeness (QED) is 0.687. The lowest BCUT2D eigenvalue weighted by atomic mass is 10.1. The molecular weight excluding hydrogens is 176 g/mol. The smallest absolute Gasteiger partial charge is 0.140 e. The van der Waals surface area contributed by atoms with Crippen molar-refractivity contribution in [3.8, 4) is 0 Å². The topological polar surface area (TPSA) is 34.6 Å². The zero-order chi connectivity index (χ0) is 10.7. The highest BCUT2D eigenvalue weighted by Crippen LogP contribution is 2.13. The Labute approximate surface area is 85.9 Å². The Balaban J connectivity index is 2.92. The number of hydrogen-bond donors (Lipinski definition) is 0. The minimum Gasteiger partial charge on any atom is -0.140 e. The molecule has 2 unspecified atom stereocenters. The molecule has 1 rings (SSSR count). The van der Waals surface area contributed by atoms with Gasteiger partial charge in [0.05, 0.1) is 23.3 Å². The maximum Gasteiger partial charge on any atom is 0.300 e. The van der Waals surface area contributed by atoms with Crippen LogP contribution in [0, 0.1) is 0 Å². The summed E-state index contributed by atoms with van der Waals surface area (Å²) < 4.78 is 1.89. The molecule has 4 heteroatoms. The molecular formula is C10H21N4+. The molecule has 0 aliphatic carbocycles. The molecule has 80 valence electrons. The maximum atomic E-state index is 4.52. The van der Waals surface area contributed by atoms with Crippen LogP contribution in [0.15, 0.2) is 0 Å². The van der Waals surface area contributed by atoms with Crippen molar-refractivity contribution in [3.63, 3.8) is 0 Å². The van der Waals surface area contributed by atoms with E-state index >= 15 is 0 Å². The van der Waals surface area contributed by atoms with Gasteiger partial charge in [-0.3, -0.25) is 0 Å². The predicted molar refractivity (Wildman–Crippen MR) is 54.9 cm³/mol. The normalized spacial score (nSPS) is 15.5. The molecule has 0 aliphatic rings. The summed E-state index contributed by atoms with van der Waals surface area (Å²) in [6.07, 6.45) is 2.17. The molecule has 0 saturated heterocycles. The van der Waals surface area contributed by atoms with Gasteiger partial charge >= 0.3 is 5.82 Å². The Morgan fingerprint density at radius 3 is 2.43 bits per heavy atom. The Morgan fingerprint density at radius 1 is 1.29 bits per heavy atom. The zero-order valence-electron chi connectivity index (χ0n) is 9.86. The first-order valence-electron chi connectivity index (χ1n) is 5.43. The van der Waals surface area contributed by atoms with Crippen LogP contribution >= 0.6 is 0 Å².